The SMILES string of the molecule is COCc1cn([C@H]2CO[C@H]3[C@@H]2OC[C@@H]3NCC2CCCCC2)nn1. The van der Waals surface area contributed by atoms with Gasteiger partial charge in [0.1, 0.15) is 23.9 Å². The van der Waals surface area contributed by atoms with Gasteiger partial charge in [0.15, 0.2) is 0 Å². The molecule has 0 radical (unpaired) electrons. The molecule has 3 aliphatic rings. The topological polar surface area (TPSA) is 70.4 Å². The third-order valence-electron chi connectivity index (χ3n) is 5.61. The van der Waals surface area contributed by atoms with Crippen molar-refractivity contribution in [3.05, 3.63) is 11.9 Å². The second-order valence-corrected chi connectivity index (χ2v) is 7.30. The second-order valence-electron chi connectivity index (χ2n) is 7.30. The molecule has 0 aromatic carbocycles. The first kappa shape index (κ1) is 16.4. The van der Waals surface area contributed by atoms with Crippen molar-refractivity contribution >= 4 is 0 Å². The summed E-state index contributed by atoms with van der Waals surface area (Å²) >= 11 is 0. The van der Waals surface area contributed by atoms with E-state index in [-0.39, 0.29) is 18.2 Å². The van der Waals surface area contributed by atoms with Crippen LogP contribution in [0.4, 0.5) is 0 Å². The molecule has 2 saturated heterocycles. The van der Waals surface area contributed by atoms with Gasteiger partial charge in [0, 0.05) is 7.11 Å². The summed E-state index contributed by atoms with van der Waals surface area (Å²) in [5.74, 6) is 0.821. The van der Waals surface area contributed by atoms with Crippen molar-refractivity contribution in [1.82, 2.24) is 20.3 Å². The van der Waals surface area contributed by atoms with Crippen LogP contribution in [-0.4, -0.2) is 60.1 Å². The molecular formula is C17H28N4O3. The number of aromatic nitrogens is 3. The number of ether oxygens (including phenoxy) is 3. The molecule has 3 heterocycles. The van der Waals surface area contributed by atoms with E-state index < -0.39 is 0 Å². The minimum Gasteiger partial charge on any atom is -0.378 e. The standard InChI is InChI=1S/C17H28N4O3/c1-22-9-13-8-21(20-19-13)15-11-24-16-14(10-23-17(15)16)18-7-12-5-3-2-4-6-12/h8,12,14-18H,2-7,9-11H2,1H3/t14-,15-,16+,17+/m0/s1. The van der Waals surface area contributed by atoms with E-state index in [1.165, 1.54) is 32.1 Å². The summed E-state index contributed by atoms with van der Waals surface area (Å²) in [5, 5.41) is 12.1. The molecule has 134 valence electrons. The van der Waals surface area contributed by atoms with Crippen molar-refractivity contribution in [2.45, 2.75) is 63.0 Å². The van der Waals surface area contributed by atoms with Gasteiger partial charge in [-0.1, -0.05) is 24.5 Å². The summed E-state index contributed by atoms with van der Waals surface area (Å²) in [6.07, 6.45) is 9.01. The summed E-state index contributed by atoms with van der Waals surface area (Å²) in [4.78, 5) is 0. The number of hydrogen-bond donors (Lipinski definition) is 1. The number of hydrogen-bond acceptors (Lipinski definition) is 6. The highest BCUT2D eigenvalue weighted by molar-refractivity contribution is 5.02. The molecule has 1 aliphatic carbocycles. The van der Waals surface area contributed by atoms with Gasteiger partial charge in [-0.15, -0.1) is 5.10 Å². The van der Waals surface area contributed by atoms with Crippen molar-refractivity contribution < 1.29 is 14.2 Å². The fraction of sp³-hybridized carbons (Fsp3) is 0.882. The van der Waals surface area contributed by atoms with Crippen LogP contribution in [0.2, 0.25) is 0 Å². The van der Waals surface area contributed by atoms with Gasteiger partial charge in [-0.25, -0.2) is 4.68 Å². The summed E-state index contributed by atoms with van der Waals surface area (Å²) in [5.41, 5.74) is 0.839. The van der Waals surface area contributed by atoms with Crippen molar-refractivity contribution in [3.63, 3.8) is 0 Å². The summed E-state index contributed by atoms with van der Waals surface area (Å²) < 4.78 is 19.1. The molecule has 24 heavy (non-hydrogen) atoms. The lowest BCUT2D eigenvalue weighted by atomic mass is 9.89. The van der Waals surface area contributed by atoms with Crippen LogP contribution in [0.5, 0.6) is 0 Å². The molecule has 4 rings (SSSR count). The molecule has 0 amide bonds. The maximum Gasteiger partial charge on any atom is 0.110 e. The lowest BCUT2D eigenvalue weighted by Gasteiger charge is -2.25. The predicted molar refractivity (Wildman–Crippen MR) is 87.6 cm³/mol. The lowest BCUT2D eigenvalue weighted by Crippen LogP contribution is -2.43. The molecule has 0 unspecified atom stereocenters. The van der Waals surface area contributed by atoms with Crippen LogP contribution in [0.3, 0.4) is 0 Å². The monoisotopic (exact) mass is 336 g/mol. The molecule has 0 bridgehead atoms. The molecule has 1 N–H and O–H groups in total. The molecule has 0 spiro atoms. The van der Waals surface area contributed by atoms with Crippen molar-refractivity contribution in [1.29, 1.82) is 0 Å². The Morgan fingerprint density at radius 3 is 2.88 bits per heavy atom. The zero-order chi connectivity index (χ0) is 16.4. The Morgan fingerprint density at radius 2 is 2.04 bits per heavy atom. The van der Waals surface area contributed by atoms with Crippen molar-refractivity contribution in [2.24, 2.45) is 5.92 Å². The maximum absolute atomic E-state index is 6.06. The van der Waals surface area contributed by atoms with Crippen LogP contribution in [0.15, 0.2) is 6.20 Å². The number of methoxy groups -OCH3 is 1. The summed E-state index contributed by atoms with van der Waals surface area (Å²) in [6.45, 7) is 2.92. The van der Waals surface area contributed by atoms with Gasteiger partial charge >= 0.3 is 0 Å². The highest BCUT2D eigenvalue weighted by Crippen LogP contribution is 2.34. The average molecular weight is 336 g/mol. The molecule has 1 saturated carbocycles. The fourth-order valence-electron chi connectivity index (χ4n) is 4.28. The number of nitrogens with zero attached hydrogens (tertiary/aromatic N) is 3. The van der Waals surface area contributed by atoms with Gasteiger partial charge in [-0.2, -0.15) is 0 Å². The zero-order valence-corrected chi connectivity index (χ0v) is 14.4. The molecule has 2 aliphatic heterocycles. The molecule has 7 nitrogen and oxygen atoms in total. The maximum atomic E-state index is 6.06. The van der Waals surface area contributed by atoms with Gasteiger partial charge in [-0.3, -0.25) is 0 Å². The van der Waals surface area contributed by atoms with Crippen LogP contribution in [0, 0.1) is 5.92 Å². The molecular weight excluding hydrogens is 308 g/mol. The third-order valence-corrected chi connectivity index (χ3v) is 5.61. The number of fused-ring (bicyclic) bond motifs is 1. The lowest BCUT2D eigenvalue weighted by molar-refractivity contribution is 0.0618. The highest BCUT2D eigenvalue weighted by Gasteiger charge is 2.48. The Labute approximate surface area is 143 Å². The first-order valence-electron chi connectivity index (χ1n) is 9.21. The van der Waals surface area contributed by atoms with Crippen molar-refractivity contribution in [3.8, 4) is 0 Å². The van der Waals surface area contributed by atoms with Gasteiger partial charge in [0.05, 0.1) is 32.1 Å². The average Bonchev–Trinajstić information content (AvgIpc) is 3.31. The number of nitrogens with one attached hydrogen (secondary N) is 1. The van der Waals surface area contributed by atoms with E-state index in [9.17, 15) is 0 Å². The molecule has 7 heteroatoms. The zero-order valence-electron chi connectivity index (χ0n) is 14.4. The molecule has 1 aromatic heterocycles. The minimum atomic E-state index is 0.0611. The Hall–Kier alpha value is -1.02. The second kappa shape index (κ2) is 7.47. The molecule has 1 aromatic rings. The summed E-state index contributed by atoms with van der Waals surface area (Å²) in [6, 6.07) is 0.401. The first-order valence-corrected chi connectivity index (χ1v) is 9.21. The van der Waals surface area contributed by atoms with Gasteiger partial charge < -0.3 is 19.5 Å². The van der Waals surface area contributed by atoms with Crippen LogP contribution in [0.1, 0.15) is 43.8 Å². The van der Waals surface area contributed by atoms with Crippen LogP contribution in [0.25, 0.3) is 0 Å². The van der Waals surface area contributed by atoms with Crippen LogP contribution < -0.4 is 5.32 Å². The smallest absolute Gasteiger partial charge is 0.110 e. The van der Waals surface area contributed by atoms with E-state index in [1.807, 2.05) is 10.9 Å². The van der Waals surface area contributed by atoms with E-state index >= 15 is 0 Å². The number of rotatable bonds is 6. The Kier molecular flexibility index (Phi) is 5.12. The van der Waals surface area contributed by atoms with E-state index in [2.05, 4.69) is 15.6 Å². The van der Waals surface area contributed by atoms with Gasteiger partial charge in [0.25, 0.3) is 0 Å². The van der Waals surface area contributed by atoms with Crippen LogP contribution >= 0.6 is 0 Å². The van der Waals surface area contributed by atoms with Gasteiger partial charge in [0.2, 0.25) is 0 Å². The van der Waals surface area contributed by atoms with E-state index in [0.29, 0.717) is 19.3 Å². The Morgan fingerprint density at radius 1 is 1.21 bits per heavy atom. The molecule has 3 fully saturated rings. The van der Waals surface area contributed by atoms with E-state index in [0.717, 1.165) is 24.8 Å². The van der Waals surface area contributed by atoms with Crippen molar-refractivity contribution in [2.75, 3.05) is 26.9 Å². The quantitative estimate of drug-likeness (QED) is 0.844. The summed E-state index contributed by atoms with van der Waals surface area (Å²) in [7, 11) is 1.66. The third kappa shape index (κ3) is 3.35. The van der Waals surface area contributed by atoms with E-state index in [4.69, 9.17) is 14.2 Å². The normalized spacial score (nSPS) is 33.9. The highest BCUT2D eigenvalue weighted by atomic mass is 16.6. The largest absolute Gasteiger partial charge is 0.378 e. The van der Waals surface area contributed by atoms with Gasteiger partial charge in [-0.05, 0) is 25.3 Å². The Balaban J connectivity index is 1.32. The predicted octanol–water partition coefficient (Wildman–Crippen LogP) is 1.30. The van der Waals surface area contributed by atoms with E-state index in [1.54, 1.807) is 7.11 Å². The first-order chi connectivity index (χ1) is 11.8. The van der Waals surface area contributed by atoms with Crippen LogP contribution in [-0.2, 0) is 20.8 Å². The Bertz CT molecular complexity index is 532. The molecule has 4 atom stereocenters. The minimum absolute atomic E-state index is 0.0611. The fourth-order valence-corrected chi connectivity index (χ4v) is 4.28.